The molecule has 0 heterocycles. The molecule has 0 N–H and O–H groups in total. The first-order valence-corrected chi connectivity index (χ1v) is 27.6. The molecule has 0 aliphatic rings. The van der Waals surface area contributed by atoms with Crippen LogP contribution in [0.5, 0.6) is 0 Å². The van der Waals surface area contributed by atoms with Crippen LogP contribution in [0.25, 0.3) is 0 Å². The molecule has 6 unspecified atom stereocenters. The molecule has 0 aliphatic carbocycles. The van der Waals surface area contributed by atoms with Gasteiger partial charge < -0.3 is 0 Å². The number of benzene rings is 3. The predicted octanol–water partition coefficient (Wildman–Crippen LogP) is 30.7. The van der Waals surface area contributed by atoms with Crippen LogP contribution in [0.3, 0.4) is 0 Å². The maximum Gasteiger partial charge on any atom is 0.102 e. The molecule has 6 atom stereocenters. The Morgan fingerprint density at radius 3 is 0.476 bits per heavy atom. The number of hydrogen-bond acceptors (Lipinski definition) is 0. The van der Waals surface area contributed by atoms with Crippen molar-refractivity contribution in [3.63, 3.8) is 0 Å². The number of hydrogen-bond donors (Lipinski definition) is 0. The zero-order valence-electron chi connectivity index (χ0n) is 18.4. The van der Waals surface area contributed by atoms with E-state index in [0.29, 0.717) is 0 Å². The molecule has 0 amide bonds. The van der Waals surface area contributed by atoms with Gasteiger partial charge >= 0.3 is 0 Å². The van der Waals surface area contributed by atoms with Crippen molar-refractivity contribution < 1.29 is 128 Å². The molecule has 423 valence electrons. The predicted molar refractivity (Wildman–Crippen MR) is 363 cm³/mol. The Labute approximate surface area is 553 Å². The van der Waals surface area contributed by atoms with Gasteiger partial charge in [-0.25, -0.2) is 12.6 Å². The first-order chi connectivity index (χ1) is 16.0. The molecule has 3 aromatic carbocycles. The van der Waals surface area contributed by atoms with Gasteiger partial charge in [0.2, 0.25) is 0 Å². The molecule has 3 radical (unpaired) electrons. The second kappa shape index (κ2) is 151. The molecule has 0 fully saturated rings. The van der Waals surface area contributed by atoms with E-state index in [1.165, 1.54) is 16.7 Å². The van der Waals surface area contributed by atoms with Gasteiger partial charge in [0.1, 0.15) is 25.7 Å². The Balaban J connectivity index is -0.00000000748. The van der Waals surface area contributed by atoms with E-state index in [1.54, 1.807) is 0 Å². The summed E-state index contributed by atoms with van der Waals surface area (Å²) in [5.74, 6) is 0. The molecule has 63 heavy (non-hydrogen) atoms. The molecule has 0 aliphatic heterocycles. The van der Waals surface area contributed by atoms with Crippen molar-refractivity contribution in [2.45, 2.75) is 219 Å². The fourth-order valence-electron chi connectivity index (χ4n) is 2.32. The Hall–Kier alpha value is 6.08. The van der Waals surface area contributed by atoms with E-state index < -0.39 is 41.5 Å². The van der Waals surface area contributed by atoms with E-state index in [9.17, 15) is 12.6 Å². The van der Waals surface area contributed by atoms with Crippen molar-refractivity contribution in [2.75, 3.05) is 0 Å². The SMILES string of the molecule is C.C.C.C.C.C.C.C.C.C.C.C.C.C.C.C.C.C.C.C.C.C.C.C.C.C.C.FPP(I)Cc1ccccc1.FPP(I)Cc1ccccc1.FPP(I)Cc1ccccc1.[Tb].[Tb].[Tb]. The van der Waals surface area contributed by atoms with Crippen LogP contribution < -0.4 is 0 Å². The molecule has 0 saturated heterocycles. The minimum atomic E-state index is -0.424. The molecule has 0 nitrogen and oxygen atoms in total. The summed E-state index contributed by atoms with van der Waals surface area (Å²) in [5, 5.41) is -1.27. The molecule has 0 spiro atoms. The molecule has 3 rings (SSSR count). The van der Waals surface area contributed by atoms with Crippen LogP contribution in [0.15, 0.2) is 91.0 Å². The fourth-order valence-corrected chi connectivity index (χ4v) is 9.82. The van der Waals surface area contributed by atoms with E-state index in [4.69, 9.17) is 0 Å². The van der Waals surface area contributed by atoms with Crippen molar-refractivity contribution in [2.24, 2.45) is 0 Å². The fraction of sp³-hybridized carbons (Fsp3) is 0.625. The monoisotopic (exact) mass is 1810 g/mol. The van der Waals surface area contributed by atoms with Crippen molar-refractivity contribution in [1.82, 2.24) is 0 Å². The molecular weight excluding hydrogens is 1680 g/mol. The maximum absolute atomic E-state index is 12.1. The third kappa shape index (κ3) is 129. The van der Waals surface area contributed by atoms with Crippen LogP contribution >= 0.6 is 108 Å². The van der Waals surface area contributed by atoms with Crippen LogP contribution in [0.2, 0.25) is 0 Å². The summed E-state index contributed by atoms with van der Waals surface area (Å²) in [6, 6.07) is 30.2. The molecule has 0 bridgehead atoms. The normalized spacial score (nSPS) is 7.33. The first kappa shape index (κ1) is 210. The van der Waals surface area contributed by atoms with Crippen LogP contribution in [0.4, 0.5) is 12.6 Å². The third-order valence-electron chi connectivity index (χ3n) is 3.77. The molecule has 0 aromatic heterocycles. The summed E-state index contributed by atoms with van der Waals surface area (Å²) in [6.07, 6.45) is 2.73. The van der Waals surface area contributed by atoms with E-state index in [-0.39, 0.29) is 316 Å². The van der Waals surface area contributed by atoms with E-state index in [1.807, 2.05) is 91.0 Å². The van der Waals surface area contributed by atoms with Crippen LogP contribution in [0, 0.1) is 116 Å². The average molecular weight is 1810 g/mol. The van der Waals surface area contributed by atoms with Gasteiger partial charge in [-0.2, -0.15) is 0 Å². The van der Waals surface area contributed by atoms with Crippen LogP contribution in [-0.2, 0) is 18.5 Å². The third-order valence-corrected chi connectivity index (χ3v) is 17.3. The Bertz CT molecular complexity index is 757. The van der Waals surface area contributed by atoms with Gasteiger partial charge in [-0.05, 0) is 82.8 Å². The zero-order chi connectivity index (χ0) is 24.3. The van der Waals surface area contributed by atoms with Gasteiger partial charge in [-0.1, -0.05) is 292 Å². The van der Waals surface area contributed by atoms with Crippen LogP contribution in [-0.4, -0.2) is 0 Å². The Kier molecular flexibility index (Phi) is 502. The van der Waals surface area contributed by atoms with Crippen molar-refractivity contribution >= 4 is 108 Å². The van der Waals surface area contributed by atoms with Gasteiger partial charge in [0.15, 0.2) is 0 Å². The minimum Gasteiger partial charge on any atom is -0.225 e. The Morgan fingerprint density at radius 1 is 0.270 bits per heavy atom. The topological polar surface area (TPSA) is 0 Å². The smallest absolute Gasteiger partial charge is 0.102 e. The van der Waals surface area contributed by atoms with E-state index in [0.717, 1.165) is 18.5 Å². The first-order valence-electron chi connectivity index (χ1n) is 9.49. The van der Waals surface area contributed by atoms with Crippen molar-refractivity contribution in [1.29, 1.82) is 0 Å². The molecule has 3 aromatic rings. The maximum atomic E-state index is 12.1. The molecular formula is C48H132F3I3P6Tb3. The minimum absolute atomic E-state index is 0. The van der Waals surface area contributed by atoms with Gasteiger partial charge in [0.25, 0.3) is 0 Å². The van der Waals surface area contributed by atoms with Crippen LogP contribution in [0.1, 0.15) is 217 Å². The summed E-state index contributed by atoms with van der Waals surface area (Å²) < 4.78 is 36.4. The summed E-state index contributed by atoms with van der Waals surface area (Å²) in [5.41, 5.74) is 3.74. The summed E-state index contributed by atoms with van der Waals surface area (Å²) in [6.45, 7) is 0. The van der Waals surface area contributed by atoms with Crippen molar-refractivity contribution in [3.8, 4) is 0 Å². The average Bonchev–Trinajstić information content (AvgIpc) is 2.86. The van der Waals surface area contributed by atoms with E-state index >= 15 is 0 Å². The quantitative estimate of drug-likeness (QED) is 0.148. The van der Waals surface area contributed by atoms with Gasteiger partial charge in [0, 0.05) is 150 Å². The van der Waals surface area contributed by atoms with Crippen molar-refractivity contribution in [3.05, 3.63) is 108 Å². The summed E-state index contributed by atoms with van der Waals surface area (Å²) in [7, 11) is -1.17. The van der Waals surface area contributed by atoms with Gasteiger partial charge in [0.05, 0.1) is 0 Å². The van der Waals surface area contributed by atoms with Gasteiger partial charge in [-0.3, -0.25) is 0 Å². The summed E-state index contributed by atoms with van der Waals surface area (Å²) >= 11 is 6.63. The second-order valence-corrected chi connectivity index (χ2v) is 35.0. The largest absolute Gasteiger partial charge is 0.225 e. The Morgan fingerprint density at radius 2 is 0.381 bits per heavy atom. The number of halogens is 6. The van der Waals surface area contributed by atoms with Gasteiger partial charge in [-0.15, -0.1) is 0 Å². The molecule has 0 saturated carbocycles. The molecule has 15 heteroatoms. The summed E-state index contributed by atoms with van der Waals surface area (Å²) in [4.78, 5) is 0. The van der Waals surface area contributed by atoms with E-state index in [2.05, 4.69) is 66.1 Å². The second-order valence-electron chi connectivity index (χ2n) is 6.27. The standard InChI is InChI=1S/3C7H8FIP2.27CH4.3Tb/c3*8-10-11(9)6-7-4-2-1-3-5-7;;;;;;;;;;;;;;;;;;;;;;;;;;;;;;/h3*1-5,10H,6H2;27*1H4;;;. The number of rotatable bonds is 9. The zero-order valence-corrected chi connectivity index (χ0v) is 37.0.